The Kier molecular flexibility index (Phi) is 6.01. The van der Waals surface area contributed by atoms with E-state index >= 15 is 0 Å². The number of ether oxygens (including phenoxy) is 1. The van der Waals surface area contributed by atoms with Crippen LogP contribution in [0.1, 0.15) is 28.2 Å². The Morgan fingerprint density at radius 3 is 2.68 bits per heavy atom. The van der Waals surface area contributed by atoms with Gasteiger partial charge in [-0.3, -0.25) is 10.1 Å². The lowest BCUT2D eigenvalue weighted by Gasteiger charge is -2.18. The number of nitrogens with zero attached hydrogens (tertiary/aromatic N) is 2. The molecule has 7 heteroatoms. The molecule has 3 aromatic carbocycles. The largest absolute Gasteiger partial charge is 0.489 e. The summed E-state index contributed by atoms with van der Waals surface area (Å²) in [6, 6.07) is 22.6. The van der Waals surface area contributed by atoms with Gasteiger partial charge in [-0.1, -0.05) is 52.3 Å². The standard InChI is InChI=1S/C24H18BrN3O3/c25-18-9-10-24(31-15-17-6-2-1-5-16(17)12-26)20(11-18)22(14-28(29)30)21-13-27-23-8-4-3-7-19(21)23/h1-11,13,22,27H,14-15H2/t22-/m0/s1. The molecule has 0 aliphatic rings. The third-order valence-corrected chi connectivity index (χ3v) is 5.69. The van der Waals surface area contributed by atoms with Crippen LogP contribution >= 0.6 is 15.9 Å². The molecule has 0 radical (unpaired) electrons. The van der Waals surface area contributed by atoms with Gasteiger partial charge in [0.15, 0.2) is 0 Å². The van der Waals surface area contributed by atoms with Crippen LogP contribution in [-0.4, -0.2) is 16.5 Å². The molecule has 4 rings (SSSR count). The zero-order valence-corrected chi connectivity index (χ0v) is 18.0. The van der Waals surface area contributed by atoms with E-state index in [2.05, 4.69) is 27.0 Å². The fraction of sp³-hybridized carbons (Fsp3) is 0.125. The molecule has 1 atom stereocenters. The van der Waals surface area contributed by atoms with E-state index in [1.54, 1.807) is 18.2 Å². The fourth-order valence-electron chi connectivity index (χ4n) is 3.73. The molecule has 4 aromatic rings. The summed E-state index contributed by atoms with van der Waals surface area (Å²) in [5, 5.41) is 21.8. The molecule has 31 heavy (non-hydrogen) atoms. The molecular formula is C24H18BrN3O3. The normalized spacial score (nSPS) is 11.7. The number of hydrogen-bond donors (Lipinski definition) is 1. The number of aromatic amines is 1. The molecule has 0 aliphatic carbocycles. The van der Waals surface area contributed by atoms with Gasteiger partial charge in [-0.15, -0.1) is 0 Å². The number of aromatic nitrogens is 1. The van der Waals surface area contributed by atoms with Crippen LogP contribution in [0.25, 0.3) is 10.9 Å². The van der Waals surface area contributed by atoms with Crippen LogP contribution in [0.3, 0.4) is 0 Å². The van der Waals surface area contributed by atoms with Crippen LogP contribution in [0.5, 0.6) is 5.75 Å². The first-order valence-corrected chi connectivity index (χ1v) is 10.4. The first-order valence-electron chi connectivity index (χ1n) is 9.65. The second-order valence-electron chi connectivity index (χ2n) is 7.10. The van der Waals surface area contributed by atoms with Crippen molar-refractivity contribution in [2.24, 2.45) is 0 Å². The smallest absolute Gasteiger partial charge is 0.214 e. The SMILES string of the molecule is N#Cc1ccccc1COc1ccc(Br)cc1[C@H](C[N+](=O)[O-])c1c[nH]c2ccccc12. The van der Waals surface area contributed by atoms with Crippen molar-refractivity contribution in [3.05, 3.63) is 110 Å². The van der Waals surface area contributed by atoms with Crippen LogP contribution in [0.2, 0.25) is 0 Å². The molecule has 6 nitrogen and oxygen atoms in total. The number of fused-ring (bicyclic) bond motifs is 1. The number of nitrogens with one attached hydrogen (secondary N) is 1. The Morgan fingerprint density at radius 2 is 1.87 bits per heavy atom. The molecule has 0 aliphatic heterocycles. The molecular weight excluding hydrogens is 458 g/mol. The minimum absolute atomic E-state index is 0.192. The van der Waals surface area contributed by atoms with Crippen molar-refractivity contribution < 1.29 is 9.66 Å². The van der Waals surface area contributed by atoms with Crippen LogP contribution < -0.4 is 4.74 Å². The topological polar surface area (TPSA) is 91.9 Å². The Bertz CT molecular complexity index is 1290. The molecule has 154 valence electrons. The van der Waals surface area contributed by atoms with E-state index in [-0.39, 0.29) is 18.1 Å². The van der Waals surface area contributed by atoms with E-state index in [1.807, 2.05) is 54.7 Å². The minimum atomic E-state index is -0.509. The monoisotopic (exact) mass is 475 g/mol. The quantitative estimate of drug-likeness (QED) is 0.270. The number of para-hydroxylation sites is 1. The second kappa shape index (κ2) is 9.02. The average Bonchev–Trinajstić information content (AvgIpc) is 3.20. The fourth-order valence-corrected chi connectivity index (χ4v) is 4.11. The summed E-state index contributed by atoms with van der Waals surface area (Å²) < 4.78 is 6.89. The van der Waals surface area contributed by atoms with Crippen molar-refractivity contribution in [1.82, 2.24) is 4.98 Å². The first kappa shape index (κ1) is 20.6. The summed E-state index contributed by atoms with van der Waals surface area (Å²) in [6.07, 6.45) is 1.83. The predicted octanol–water partition coefficient (Wildman–Crippen LogP) is 5.79. The molecule has 0 saturated heterocycles. The highest BCUT2D eigenvalue weighted by molar-refractivity contribution is 9.10. The van der Waals surface area contributed by atoms with E-state index < -0.39 is 5.92 Å². The van der Waals surface area contributed by atoms with Crippen molar-refractivity contribution in [3.63, 3.8) is 0 Å². The van der Waals surface area contributed by atoms with E-state index in [1.165, 1.54) is 0 Å². The van der Waals surface area contributed by atoms with E-state index in [4.69, 9.17) is 4.74 Å². The maximum absolute atomic E-state index is 11.6. The van der Waals surface area contributed by atoms with Gasteiger partial charge in [-0.2, -0.15) is 5.26 Å². The molecule has 1 aromatic heterocycles. The zero-order chi connectivity index (χ0) is 21.8. The highest BCUT2D eigenvalue weighted by Crippen LogP contribution is 2.37. The van der Waals surface area contributed by atoms with Crippen LogP contribution in [0.15, 0.2) is 77.4 Å². The second-order valence-corrected chi connectivity index (χ2v) is 8.01. The molecule has 0 unspecified atom stereocenters. The molecule has 0 fully saturated rings. The van der Waals surface area contributed by atoms with Gasteiger partial charge < -0.3 is 9.72 Å². The minimum Gasteiger partial charge on any atom is -0.489 e. The van der Waals surface area contributed by atoms with Gasteiger partial charge in [0.2, 0.25) is 6.54 Å². The summed E-state index contributed by atoms with van der Waals surface area (Å²) >= 11 is 3.49. The molecule has 1 heterocycles. The Morgan fingerprint density at radius 1 is 1.10 bits per heavy atom. The number of H-pyrrole nitrogens is 1. The highest BCUT2D eigenvalue weighted by atomic mass is 79.9. The first-order chi connectivity index (χ1) is 15.1. The molecule has 0 amide bonds. The maximum atomic E-state index is 11.6. The number of rotatable bonds is 7. The Labute approximate surface area is 187 Å². The van der Waals surface area contributed by atoms with Gasteiger partial charge >= 0.3 is 0 Å². The van der Waals surface area contributed by atoms with Gasteiger partial charge in [0.25, 0.3) is 0 Å². The van der Waals surface area contributed by atoms with E-state index in [9.17, 15) is 15.4 Å². The molecule has 0 spiro atoms. The molecule has 0 saturated carbocycles. The van der Waals surface area contributed by atoms with Crippen LogP contribution in [-0.2, 0) is 6.61 Å². The van der Waals surface area contributed by atoms with Gasteiger partial charge in [0.05, 0.1) is 17.6 Å². The maximum Gasteiger partial charge on any atom is 0.214 e. The van der Waals surface area contributed by atoms with Gasteiger partial charge in [0.1, 0.15) is 12.4 Å². The number of nitro groups is 1. The molecule has 0 bridgehead atoms. The highest BCUT2D eigenvalue weighted by Gasteiger charge is 2.26. The lowest BCUT2D eigenvalue weighted by Crippen LogP contribution is -2.15. The number of nitriles is 1. The molecule has 1 N–H and O–H groups in total. The zero-order valence-electron chi connectivity index (χ0n) is 16.4. The number of benzene rings is 3. The number of halogens is 1. The Balaban J connectivity index is 1.76. The van der Waals surface area contributed by atoms with Gasteiger partial charge in [-0.05, 0) is 35.9 Å². The van der Waals surface area contributed by atoms with Crippen molar-refractivity contribution in [1.29, 1.82) is 5.26 Å². The summed E-state index contributed by atoms with van der Waals surface area (Å²) in [5.74, 6) is 0.0398. The lowest BCUT2D eigenvalue weighted by atomic mass is 9.90. The average molecular weight is 476 g/mol. The van der Waals surface area contributed by atoms with E-state index in [0.717, 1.165) is 26.5 Å². The third kappa shape index (κ3) is 4.44. The summed E-state index contributed by atoms with van der Waals surface area (Å²) in [4.78, 5) is 14.5. The van der Waals surface area contributed by atoms with Gasteiger partial charge in [-0.25, -0.2) is 0 Å². The van der Waals surface area contributed by atoms with Crippen LogP contribution in [0.4, 0.5) is 0 Å². The van der Waals surface area contributed by atoms with Crippen molar-refractivity contribution >= 4 is 26.8 Å². The van der Waals surface area contributed by atoms with Crippen molar-refractivity contribution in [2.45, 2.75) is 12.5 Å². The summed E-state index contributed by atoms with van der Waals surface area (Å²) in [5.41, 5.74) is 3.78. The van der Waals surface area contributed by atoms with E-state index in [0.29, 0.717) is 16.9 Å². The third-order valence-electron chi connectivity index (χ3n) is 5.20. The summed E-state index contributed by atoms with van der Waals surface area (Å²) in [7, 11) is 0. The van der Waals surface area contributed by atoms with Crippen molar-refractivity contribution in [3.8, 4) is 11.8 Å². The van der Waals surface area contributed by atoms with Gasteiger partial charge in [0, 0.05) is 37.6 Å². The summed E-state index contributed by atoms with van der Waals surface area (Å²) in [6.45, 7) is -0.0825. The Hall–Kier alpha value is -3.63. The number of hydrogen-bond acceptors (Lipinski definition) is 4. The van der Waals surface area contributed by atoms with Crippen molar-refractivity contribution in [2.75, 3.05) is 6.54 Å². The predicted molar refractivity (Wildman–Crippen MR) is 122 cm³/mol. The van der Waals surface area contributed by atoms with Crippen LogP contribution in [0, 0.1) is 21.4 Å². The lowest BCUT2D eigenvalue weighted by molar-refractivity contribution is -0.481.